The monoisotopic (exact) mass is 226 g/mol. The maximum atomic E-state index is 5.62. The predicted octanol–water partition coefficient (Wildman–Crippen LogP) is 0.863. The number of hydrogen-bond acceptors (Lipinski definition) is 5. The van der Waals surface area contributed by atoms with Gasteiger partial charge in [0.25, 0.3) is 0 Å². The number of nitrogens with zero attached hydrogens (tertiary/aromatic N) is 3. The largest absolute Gasteiger partial charge is 0.375 e. The van der Waals surface area contributed by atoms with Gasteiger partial charge in [0.1, 0.15) is 0 Å². The molecule has 1 aliphatic heterocycles. The molecule has 0 aromatic carbocycles. The van der Waals surface area contributed by atoms with E-state index >= 15 is 0 Å². The summed E-state index contributed by atoms with van der Waals surface area (Å²) in [6.07, 6.45) is 1.25. The molecule has 0 bridgehead atoms. The van der Waals surface area contributed by atoms with Crippen molar-refractivity contribution in [2.24, 2.45) is 0 Å². The van der Waals surface area contributed by atoms with Crippen molar-refractivity contribution in [1.29, 1.82) is 0 Å². The molecule has 0 radical (unpaired) electrons. The Kier molecular flexibility index (Phi) is 3.56. The zero-order valence-corrected chi connectivity index (χ0v) is 9.96. The van der Waals surface area contributed by atoms with E-state index in [0.29, 0.717) is 5.13 Å². The van der Waals surface area contributed by atoms with Gasteiger partial charge in [0.2, 0.25) is 0 Å². The maximum absolute atomic E-state index is 5.62. The molecule has 0 spiro atoms. The summed E-state index contributed by atoms with van der Waals surface area (Å²) in [5.41, 5.74) is 6.73. The SMILES string of the molecule is CN1CCCN(Cc2csc(N)n2)CC1. The van der Waals surface area contributed by atoms with Crippen LogP contribution in [0.2, 0.25) is 0 Å². The zero-order valence-electron chi connectivity index (χ0n) is 9.15. The van der Waals surface area contributed by atoms with Crippen LogP contribution in [0.25, 0.3) is 0 Å². The lowest BCUT2D eigenvalue weighted by atomic mass is 10.3. The van der Waals surface area contributed by atoms with Crippen LogP contribution in [-0.4, -0.2) is 48.0 Å². The molecule has 4 nitrogen and oxygen atoms in total. The summed E-state index contributed by atoms with van der Waals surface area (Å²) in [5, 5.41) is 2.74. The number of likely N-dealkylation sites (N-methyl/N-ethyl adjacent to an activating group) is 1. The number of aromatic nitrogens is 1. The van der Waals surface area contributed by atoms with Gasteiger partial charge in [-0.25, -0.2) is 4.98 Å². The highest BCUT2D eigenvalue weighted by Gasteiger charge is 2.13. The first-order valence-corrected chi connectivity index (χ1v) is 6.23. The van der Waals surface area contributed by atoms with Crippen LogP contribution in [0.1, 0.15) is 12.1 Å². The van der Waals surface area contributed by atoms with Crippen LogP contribution in [0.3, 0.4) is 0 Å². The van der Waals surface area contributed by atoms with Crippen molar-refractivity contribution in [3.05, 3.63) is 11.1 Å². The third-order valence-corrected chi connectivity index (χ3v) is 3.49. The van der Waals surface area contributed by atoms with Crippen molar-refractivity contribution in [3.63, 3.8) is 0 Å². The minimum Gasteiger partial charge on any atom is -0.375 e. The Morgan fingerprint density at radius 3 is 3.00 bits per heavy atom. The molecule has 0 unspecified atom stereocenters. The summed E-state index contributed by atoms with van der Waals surface area (Å²) in [7, 11) is 2.18. The average Bonchev–Trinajstić information content (AvgIpc) is 2.48. The lowest BCUT2D eigenvalue weighted by molar-refractivity contribution is 0.267. The van der Waals surface area contributed by atoms with E-state index < -0.39 is 0 Å². The first kappa shape index (κ1) is 10.9. The van der Waals surface area contributed by atoms with Gasteiger partial charge < -0.3 is 10.6 Å². The van der Waals surface area contributed by atoms with Gasteiger partial charge in [-0.05, 0) is 26.6 Å². The van der Waals surface area contributed by atoms with Crippen LogP contribution in [0.4, 0.5) is 5.13 Å². The van der Waals surface area contributed by atoms with Crippen LogP contribution < -0.4 is 5.73 Å². The van der Waals surface area contributed by atoms with E-state index in [1.165, 1.54) is 30.8 Å². The van der Waals surface area contributed by atoms with Crippen LogP contribution in [0.5, 0.6) is 0 Å². The standard InChI is InChI=1S/C10H18N4S/c1-13-3-2-4-14(6-5-13)7-9-8-15-10(11)12-9/h8H,2-7H2,1H3,(H2,11,12). The lowest BCUT2D eigenvalue weighted by Crippen LogP contribution is -2.28. The second-order valence-corrected chi connectivity index (χ2v) is 5.00. The third-order valence-electron chi connectivity index (χ3n) is 2.77. The Morgan fingerprint density at radius 2 is 2.27 bits per heavy atom. The summed E-state index contributed by atoms with van der Waals surface area (Å²) in [6.45, 7) is 5.60. The summed E-state index contributed by atoms with van der Waals surface area (Å²) in [6, 6.07) is 0. The average molecular weight is 226 g/mol. The smallest absolute Gasteiger partial charge is 0.180 e. The molecule has 2 rings (SSSR count). The molecule has 0 amide bonds. The molecule has 1 saturated heterocycles. The van der Waals surface area contributed by atoms with Crippen LogP contribution in [-0.2, 0) is 6.54 Å². The highest BCUT2D eigenvalue weighted by atomic mass is 32.1. The van der Waals surface area contributed by atoms with Gasteiger partial charge >= 0.3 is 0 Å². The van der Waals surface area contributed by atoms with Gasteiger partial charge in [0, 0.05) is 25.0 Å². The number of nitrogens with two attached hydrogens (primary N) is 1. The predicted molar refractivity (Wildman–Crippen MR) is 63.9 cm³/mol. The Balaban J connectivity index is 1.88. The van der Waals surface area contributed by atoms with E-state index in [4.69, 9.17) is 5.73 Å². The Hall–Kier alpha value is -0.650. The third kappa shape index (κ3) is 3.15. The van der Waals surface area contributed by atoms with Crippen LogP contribution in [0, 0.1) is 0 Å². The minimum atomic E-state index is 0.678. The molecule has 1 aromatic rings. The topological polar surface area (TPSA) is 45.4 Å². The van der Waals surface area contributed by atoms with Crippen molar-refractivity contribution in [1.82, 2.24) is 14.8 Å². The number of nitrogen functional groups attached to an aromatic ring is 1. The summed E-state index contributed by atoms with van der Waals surface area (Å²) < 4.78 is 0. The summed E-state index contributed by atoms with van der Waals surface area (Å²) in [5.74, 6) is 0. The van der Waals surface area contributed by atoms with E-state index in [1.54, 1.807) is 0 Å². The van der Waals surface area contributed by atoms with Crippen LogP contribution >= 0.6 is 11.3 Å². The van der Waals surface area contributed by atoms with Gasteiger partial charge in [0.05, 0.1) is 5.69 Å². The molecule has 2 N–H and O–H groups in total. The fourth-order valence-electron chi connectivity index (χ4n) is 1.88. The number of rotatable bonds is 2. The Morgan fingerprint density at radius 1 is 1.40 bits per heavy atom. The number of hydrogen-bond donors (Lipinski definition) is 1. The van der Waals surface area contributed by atoms with E-state index in [9.17, 15) is 0 Å². The second kappa shape index (κ2) is 4.92. The van der Waals surface area contributed by atoms with Crippen molar-refractivity contribution in [2.45, 2.75) is 13.0 Å². The summed E-state index contributed by atoms with van der Waals surface area (Å²) >= 11 is 1.53. The quantitative estimate of drug-likeness (QED) is 0.812. The van der Waals surface area contributed by atoms with Crippen molar-refractivity contribution >= 4 is 16.5 Å². The molecule has 1 aliphatic rings. The van der Waals surface area contributed by atoms with E-state index in [0.717, 1.165) is 25.3 Å². The molecule has 0 aliphatic carbocycles. The zero-order chi connectivity index (χ0) is 10.7. The summed E-state index contributed by atoms with van der Waals surface area (Å²) in [4.78, 5) is 9.14. The van der Waals surface area contributed by atoms with E-state index in [2.05, 4.69) is 27.2 Å². The molecule has 0 atom stereocenters. The Bertz CT molecular complexity index is 312. The van der Waals surface area contributed by atoms with Crippen molar-refractivity contribution < 1.29 is 0 Å². The lowest BCUT2D eigenvalue weighted by Gasteiger charge is -2.18. The molecular formula is C10H18N4S. The first-order chi connectivity index (χ1) is 7.24. The maximum Gasteiger partial charge on any atom is 0.180 e. The first-order valence-electron chi connectivity index (χ1n) is 5.35. The highest BCUT2D eigenvalue weighted by molar-refractivity contribution is 7.13. The van der Waals surface area contributed by atoms with E-state index in [1.807, 2.05) is 0 Å². The van der Waals surface area contributed by atoms with Crippen LogP contribution in [0.15, 0.2) is 5.38 Å². The molecular weight excluding hydrogens is 208 g/mol. The van der Waals surface area contributed by atoms with Gasteiger partial charge in [-0.2, -0.15) is 0 Å². The van der Waals surface area contributed by atoms with Gasteiger partial charge in [-0.3, -0.25) is 4.90 Å². The molecule has 1 fully saturated rings. The highest BCUT2D eigenvalue weighted by Crippen LogP contribution is 2.13. The van der Waals surface area contributed by atoms with Gasteiger partial charge in [-0.15, -0.1) is 11.3 Å². The molecule has 5 heteroatoms. The number of thiazole rings is 1. The van der Waals surface area contributed by atoms with Gasteiger partial charge in [-0.1, -0.05) is 0 Å². The van der Waals surface area contributed by atoms with Gasteiger partial charge in [0.15, 0.2) is 5.13 Å². The van der Waals surface area contributed by atoms with Crippen molar-refractivity contribution in [3.8, 4) is 0 Å². The van der Waals surface area contributed by atoms with E-state index in [-0.39, 0.29) is 0 Å². The fraction of sp³-hybridized carbons (Fsp3) is 0.700. The molecule has 1 aromatic heterocycles. The fourth-order valence-corrected chi connectivity index (χ4v) is 2.44. The minimum absolute atomic E-state index is 0.678. The molecule has 0 saturated carbocycles. The molecule has 15 heavy (non-hydrogen) atoms. The molecule has 84 valence electrons. The number of anilines is 1. The Labute approximate surface area is 94.7 Å². The normalized spacial score (nSPS) is 20.3. The second-order valence-electron chi connectivity index (χ2n) is 4.11. The van der Waals surface area contributed by atoms with Crippen molar-refractivity contribution in [2.75, 3.05) is 39.0 Å². The molecule has 2 heterocycles.